The number of hydrogen-bond acceptors (Lipinski definition) is 5. The molecule has 0 spiro atoms. The normalized spacial score (nSPS) is 17.2. The summed E-state index contributed by atoms with van der Waals surface area (Å²) in [6.07, 6.45) is 4.25. The first kappa shape index (κ1) is 13.9. The van der Waals surface area contributed by atoms with Gasteiger partial charge in [0.2, 0.25) is 0 Å². The third kappa shape index (κ3) is 4.65. The first-order chi connectivity index (χ1) is 8.88. The number of rotatable bonds is 7. The summed E-state index contributed by atoms with van der Waals surface area (Å²) >= 11 is 1.82. The molecule has 1 aromatic rings. The molecule has 2 heterocycles. The molecule has 102 valence electrons. The lowest BCUT2D eigenvalue weighted by Crippen LogP contribution is -2.37. The lowest BCUT2D eigenvalue weighted by Gasteiger charge is -2.26. The van der Waals surface area contributed by atoms with Crippen molar-refractivity contribution in [1.82, 2.24) is 15.2 Å². The quantitative estimate of drug-likeness (QED) is 0.762. The van der Waals surface area contributed by atoms with Gasteiger partial charge in [0.15, 0.2) is 0 Å². The number of nitrogens with zero attached hydrogens (tertiary/aromatic N) is 2. The van der Waals surface area contributed by atoms with E-state index in [2.05, 4.69) is 22.1 Å². The number of hydrogen-bond donors (Lipinski definition) is 1. The molecule has 18 heavy (non-hydrogen) atoms. The van der Waals surface area contributed by atoms with Gasteiger partial charge >= 0.3 is 0 Å². The Labute approximate surface area is 113 Å². The van der Waals surface area contributed by atoms with Crippen molar-refractivity contribution in [2.24, 2.45) is 0 Å². The fourth-order valence-corrected chi connectivity index (χ4v) is 2.89. The van der Waals surface area contributed by atoms with Gasteiger partial charge in [0, 0.05) is 30.7 Å². The highest BCUT2D eigenvalue weighted by molar-refractivity contribution is 7.11. The second kappa shape index (κ2) is 7.84. The molecule has 1 saturated heterocycles. The van der Waals surface area contributed by atoms with E-state index >= 15 is 0 Å². The maximum atomic E-state index is 5.34. The van der Waals surface area contributed by atoms with Crippen LogP contribution in [0.5, 0.6) is 0 Å². The Morgan fingerprint density at radius 1 is 1.44 bits per heavy atom. The van der Waals surface area contributed by atoms with Gasteiger partial charge in [0.25, 0.3) is 0 Å². The number of aromatic nitrogens is 1. The van der Waals surface area contributed by atoms with Gasteiger partial charge in [-0.25, -0.2) is 4.98 Å². The van der Waals surface area contributed by atoms with Gasteiger partial charge in [-0.15, -0.1) is 11.3 Å². The molecule has 1 aliphatic heterocycles. The molecular formula is C13H23N3OS. The van der Waals surface area contributed by atoms with Crippen molar-refractivity contribution in [2.45, 2.75) is 26.3 Å². The lowest BCUT2D eigenvalue weighted by molar-refractivity contribution is 0.0374. The molecule has 2 rings (SSSR count). The van der Waals surface area contributed by atoms with Crippen LogP contribution in [0.4, 0.5) is 0 Å². The van der Waals surface area contributed by atoms with Crippen molar-refractivity contribution in [3.05, 3.63) is 16.1 Å². The van der Waals surface area contributed by atoms with Gasteiger partial charge in [-0.3, -0.25) is 4.90 Å². The summed E-state index contributed by atoms with van der Waals surface area (Å²) < 4.78 is 5.34. The molecule has 1 N–H and O–H groups in total. The zero-order valence-electron chi connectivity index (χ0n) is 11.2. The molecule has 0 amide bonds. The first-order valence-corrected chi connectivity index (χ1v) is 7.64. The van der Waals surface area contributed by atoms with E-state index in [1.165, 1.54) is 22.9 Å². The van der Waals surface area contributed by atoms with E-state index in [0.29, 0.717) is 0 Å². The topological polar surface area (TPSA) is 37.4 Å². The van der Waals surface area contributed by atoms with Crippen LogP contribution in [0.1, 0.15) is 23.2 Å². The summed E-state index contributed by atoms with van der Waals surface area (Å²) in [4.78, 5) is 8.19. The Morgan fingerprint density at radius 2 is 2.28 bits per heavy atom. The molecule has 4 nitrogen and oxygen atoms in total. The van der Waals surface area contributed by atoms with E-state index in [1.807, 2.05) is 17.5 Å². The smallest absolute Gasteiger partial charge is 0.0925 e. The summed E-state index contributed by atoms with van der Waals surface area (Å²) in [5.41, 5.74) is 0. The second-order valence-electron chi connectivity index (χ2n) is 4.56. The first-order valence-electron chi connectivity index (χ1n) is 6.83. The largest absolute Gasteiger partial charge is 0.379 e. The Bertz CT molecular complexity index is 337. The van der Waals surface area contributed by atoms with E-state index in [-0.39, 0.29) is 0 Å². The zero-order valence-corrected chi connectivity index (χ0v) is 12.0. The summed E-state index contributed by atoms with van der Waals surface area (Å²) in [7, 11) is 0. The summed E-state index contributed by atoms with van der Waals surface area (Å²) in [5, 5.41) is 4.73. The highest BCUT2D eigenvalue weighted by atomic mass is 32.1. The highest BCUT2D eigenvalue weighted by Crippen LogP contribution is 2.12. The Hall–Kier alpha value is -0.490. The van der Waals surface area contributed by atoms with Crippen LogP contribution in [0.15, 0.2) is 6.20 Å². The molecule has 1 fully saturated rings. The minimum Gasteiger partial charge on any atom is -0.379 e. The van der Waals surface area contributed by atoms with Gasteiger partial charge in [-0.1, -0.05) is 6.92 Å². The average molecular weight is 269 g/mol. The monoisotopic (exact) mass is 269 g/mol. The van der Waals surface area contributed by atoms with Crippen molar-refractivity contribution in [1.29, 1.82) is 0 Å². The average Bonchev–Trinajstić information content (AvgIpc) is 2.87. The molecule has 0 saturated carbocycles. The number of thiazole rings is 1. The van der Waals surface area contributed by atoms with E-state index in [9.17, 15) is 0 Å². The fraction of sp³-hybridized carbons (Fsp3) is 0.769. The van der Waals surface area contributed by atoms with Crippen molar-refractivity contribution in [3.8, 4) is 0 Å². The number of nitrogens with one attached hydrogen (secondary N) is 1. The Kier molecular flexibility index (Phi) is 6.07. The number of ether oxygens (including phenoxy) is 1. The molecule has 5 heteroatoms. The molecular weight excluding hydrogens is 246 g/mol. The molecule has 0 atom stereocenters. The van der Waals surface area contributed by atoms with Crippen LogP contribution in [0, 0.1) is 0 Å². The predicted octanol–water partition coefficient (Wildman–Crippen LogP) is 1.52. The maximum absolute atomic E-state index is 5.34. The molecule has 0 aromatic carbocycles. The van der Waals surface area contributed by atoms with Gasteiger partial charge in [-0.2, -0.15) is 0 Å². The molecule has 0 aliphatic carbocycles. The van der Waals surface area contributed by atoms with E-state index < -0.39 is 0 Å². The third-order valence-corrected chi connectivity index (χ3v) is 4.28. The molecule has 0 bridgehead atoms. The van der Waals surface area contributed by atoms with Crippen LogP contribution in [-0.2, 0) is 17.7 Å². The van der Waals surface area contributed by atoms with Crippen LogP contribution < -0.4 is 5.32 Å². The van der Waals surface area contributed by atoms with E-state index in [0.717, 1.165) is 45.8 Å². The third-order valence-electron chi connectivity index (χ3n) is 3.13. The van der Waals surface area contributed by atoms with Gasteiger partial charge < -0.3 is 10.1 Å². The van der Waals surface area contributed by atoms with Crippen molar-refractivity contribution < 1.29 is 4.74 Å². The summed E-state index contributed by atoms with van der Waals surface area (Å²) in [5.74, 6) is 0. The minimum atomic E-state index is 0.897. The maximum Gasteiger partial charge on any atom is 0.0925 e. The van der Waals surface area contributed by atoms with Crippen LogP contribution in [0.3, 0.4) is 0 Å². The number of aryl methyl sites for hydroxylation is 1. The summed E-state index contributed by atoms with van der Waals surface area (Å²) in [6, 6.07) is 0. The molecule has 1 aliphatic rings. The second-order valence-corrected chi connectivity index (χ2v) is 5.76. The van der Waals surface area contributed by atoms with Crippen LogP contribution >= 0.6 is 11.3 Å². The van der Waals surface area contributed by atoms with Crippen molar-refractivity contribution in [3.63, 3.8) is 0 Å². The fourth-order valence-electron chi connectivity index (χ4n) is 2.06. The predicted molar refractivity (Wildman–Crippen MR) is 75.1 cm³/mol. The van der Waals surface area contributed by atoms with E-state index in [1.54, 1.807) is 0 Å². The number of morpholine rings is 1. The standard InChI is InChI=1S/C13H23N3OS/c1-2-13-15-11-12(18-13)10-14-4-3-5-16-6-8-17-9-7-16/h11,14H,2-10H2,1H3. The van der Waals surface area contributed by atoms with Gasteiger partial charge in [-0.05, 0) is 25.9 Å². The molecule has 0 unspecified atom stereocenters. The van der Waals surface area contributed by atoms with E-state index in [4.69, 9.17) is 4.74 Å². The van der Waals surface area contributed by atoms with Gasteiger partial charge in [0.05, 0.1) is 18.2 Å². The van der Waals surface area contributed by atoms with Crippen LogP contribution in [0.25, 0.3) is 0 Å². The molecule has 0 radical (unpaired) electrons. The van der Waals surface area contributed by atoms with Crippen molar-refractivity contribution >= 4 is 11.3 Å². The highest BCUT2D eigenvalue weighted by Gasteiger charge is 2.08. The molecule has 1 aromatic heterocycles. The Balaban J connectivity index is 1.52. The van der Waals surface area contributed by atoms with Crippen molar-refractivity contribution in [2.75, 3.05) is 39.4 Å². The lowest BCUT2D eigenvalue weighted by atomic mass is 10.3. The Morgan fingerprint density at radius 3 is 3.00 bits per heavy atom. The minimum absolute atomic E-state index is 0.897. The van der Waals surface area contributed by atoms with Crippen LogP contribution in [0.2, 0.25) is 0 Å². The van der Waals surface area contributed by atoms with Gasteiger partial charge in [0.1, 0.15) is 0 Å². The summed E-state index contributed by atoms with van der Waals surface area (Å²) in [6.45, 7) is 9.35. The zero-order chi connectivity index (χ0) is 12.6. The SMILES string of the molecule is CCc1ncc(CNCCCN2CCOCC2)s1. The van der Waals surface area contributed by atoms with Crippen LogP contribution in [-0.4, -0.2) is 49.3 Å².